The van der Waals surface area contributed by atoms with E-state index >= 15 is 0 Å². The van der Waals surface area contributed by atoms with Crippen LogP contribution < -0.4 is 4.52 Å². The van der Waals surface area contributed by atoms with Gasteiger partial charge in [0.25, 0.3) is 0 Å². The van der Waals surface area contributed by atoms with E-state index in [1.54, 1.807) is 25.1 Å². The summed E-state index contributed by atoms with van der Waals surface area (Å²) in [6.45, 7) is 3.63. The van der Waals surface area contributed by atoms with Gasteiger partial charge in [-0.05, 0) is 25.5 Å². The Morgan fingerprint density at radius 1 is 1.29 bits per heavy atom. The Kier molecular flexibility index (Phi) is 5.37. The molecule has 0 saturated carbocycles. The Bertz CT molecular complexity index is 360. The summed E-state index contributed by atoms with van der Waals surface area (Å²) in [6, 6.07) is 5.08. The van der Waals surface area contributed by atoms with Crippen molar-refractivity contribution in [3.63, 3.8) is 0 Å². The number of rotatable bonds is 2. The molecule has 0 aliphatic rings. The normalized spacial score (nSPS) is 10.6. The Morgan fingerprint density at radius 2 is 1.86 bits per heavy atom. The van der Waals surface area contributed by atoms with Gasteiger partial charge in [-0.15, -0.1) is 0 Å². The first-order valence-electron chi connectivity index (χ1n) is 3.71. The van der Waals surface area contributed by atoms with Gasteiger partial charge in [-0.3, -0.25) is 9.79 Å². The van der Waals surface area contributed by atoms with E-state index in [0.29, 0.717) is 5.56 Å². The molecule has 0 aromatic heterocycles. The van der Waals surface area contributed by atoms with Crippen molar-refractivity contribution in [1.82, 2.24) is 0 Å². The zero-order chi connectivity index (χ0) is 10.1. The molecule has 0 spiro atoms. The van der Waals surface area contributed by atoms with Crippen LogP contribution in [0.4, 0.5) is 0 Å². The molecule has 2 N–H and O–H groups in total. The van der Waals surface area contributed by atoms with Crippen LogP contribution in [0.25, 0.3) is 0 Å². The Hall–Kier alpha value is 0.170. The molecule has 0 saturated heterocycles. The molecule has 0 bridgehead atoms. The summed E-state index contributed by atoms with van der Waals surface area (Å²) in [5.41, 5.74) is 1.74. The molecule has 14 heavy (non-hydrogen) atoms. The minimum atomic E-state index is -4.43. The second-order valence-corrected chi connectivity index (χ2v) is 4.01. The topological polar surface area (TPSA) is 66.8 Å². The zero-order valence-corrected chi connectivity index (χ0v) is 8.28. The van der Waals surface area contributed by atoms with Crippen molar-refractivity contribution in [3.8, 4) is 5.75 Å². The van der Waals surface area contributed by atoms with Crippen LogP contribution in [0.2, 0.25) is 0 Å². The summed E-state index contributed by atoms with van der Waals surface area (Å²) >= 11 is 0. The van der Waals surface area contributed by atoms with E-state index in [2.05, 4.69) is 4.52 Å². The molecule has 0 aliphatic heterocycles. The number of benzene rings is 1. The fourth-order valence-electron chi connectivity index (χ4n) is 1.03. The van der Waals surface area contributed by atoms with Crippen LogP contribution >= 0.6 is 7.82 Å². The van der Waals surface area contributed by atoms with Gasteiger partial charge in [-0.25, -0.2) is 4.57 Å². The van der Waals surface area contributed by atoms with Gasteiger partial charge < -0.3 is 4.52 Å². The average Bonchev–Trinajstić information content (AvgIpc) is 1.93. The summed E-state index contributed by atoms with van der Waals surface area (Å²) in [5.74, 6) is 0.221. The van der Waals surface area contributed by atoms with Crippen molar-refractivity contribution in [2.75, 3.05) is 0 Å². The van der Waals surface area contributed by atoms with E-state index in [9.17, 15) is 4.57 Å². The first-order chi connectivity index (χ1) is 5.88. The minimum absolute atomic E-state index is 0. The Morgan fingerprint density at radius 3 is 2.29 bits per heavy atom. The monoisotopic (exact) mass is 226 g/mol. The predicted octanol–water partition coefficient (Wildman–Crippen LogP) is 1.13. The van der Waals surface area contributed by atoms with Gasteiger partial charge in [0.05, 0.1) is 0 Å². The van der Waals surface area contributed by atoms with E-state index in [4.69, 9.17) is 9.79 Å². The molecule has 4 nitrogen and oxygen atoms in total. The van der Waals surface area contributed by atoms with E-state index in [1.807, 2.05) is 6.92 Å². The van der Waals surface area contributed by atoms with Crippen LogP contribution in [0.3, 0.4) is 0 Å². The van der Waals surface area contributed by atoms with Crippen molar-refractivity contribution >= 4 is 37.4 Å². The third-order valence-corrected chi connectivity index (χ3v) is 1.98. The second-order valence-electron chi connectivity index (χ2n) is 2.85. The van der Waals surface area contributed by atoms with Crippen molar-refractivity contribution in [3.05, 3.63) is 29.3 Å². The Labute approximate surface area is 105 Å². The van der Waals surface area contributed by atoms with E-state index < -0.39 is 7.82 Å². The van der Waals surface area contributed by atoms with Gasteiger partial charge in [0.15, 0.2) is 0 Å². The second kappa shape index (κ2) is 5.31. The maximum absolute atomic E-state index is 10.5. The quantitative estimate of drug-likeness (QED) is 0.586. The molecule has 1 aromatic carbocycles. The van der Waals surface area contributed by atoms with Crippen molar-refractivity contribution in [2.45, 2.75) is 13.8 Å². The van der Waals surface area contributed by atoms with Crippen molar-refractivity contribution in [2.24, 2.45) is 0 Å². The summed E-state index contributed by atoms with van der Waals surface area (Å²) in [4.78, 5) is 17.1. The molecule has 1 rings (SSSR count). The van der Waals surface area contributed by atoms with Gasteiger partial charge >= 0.3 is 37.4 Å². The Balaban J connectivity index is 0.00000169. The molecular weight excluding hydrogens is 214 g/mol. The maximum atomic E-state index is 10.5. The molecule has 0 fully saturated rings. The van der Waals surface area contributed by atoms with E-state index in [-0.39, 0.29) is 35.3 Å². The molecule has 1 aromatic rings. The predicted molar refractivity (Wildman–Crippen MR) is 55.7 cm³/mol. The number of phosphoric acid groups is 1. The summed E-state index contributed by atoms with van der Waals surface area (Å²) in [5, 5.41) is 0. The molecule has 0 atom stereocenters. The van der Waals surface area contributed by atoms with Crippen molar-refractivity contribution < 1.29 is 18.9 Å². The molecule has 0 amide bonds. The first-order valence-corrected chi connectivity index (χ1v) is 5.24. The zero-order valence-electron chi connectivity index (χ0n) is 7.39. The molecular formula is C8H12NaO4P. The molecule has 0 unspecified atom stereocenters. The van der Waals surface area contributed by atoms with Gasteiger partial charge in [0.2, 0.25) is 0 Å². The summed E-state index contributed by atoms with van der Waals surface area (Å²) in [7, 11) is -4.43. The van der Waals surface area contributed by atoms with E-state index in [1.165, 1.54) is 0 Å². The number of aryl methyl sites for hydroxylation is 2. The number of hydrogen-bond donors (Lipinski definition) is 2. The van der Waals surface area contributed by atoms with Crippen LogP contribution in [-0.4, -0.2) is 39.3 Å². The molecule has 0 heterocycles. The van der Waals surface area contributed by atoms with Gasteiger partial charge in [0.1, 0.15) is 5.75 Å². The van der Waals surface area contributed by atoms with Gasteiger partial charge in [-0.1, -0.05) is 17.7 Å². The van der Waals surface area contributed by atoms with Crippen LogP contribution in [0.1, 0.15) is 11.1 Å². The third-order valence-electron chi connectivity index (χ3n) is 1.55. The van der Waals surface area contributed by atoms with Gasteiger partial charge in [0, 0.05) is 0 Å². The average molecular weight is 226 g/mol. The fraction of sp³-hybridized carbons (Fsp3) is 0.250. The van der Waals surface area contributed by atoms with E-state index in [0.717, 1.165) is 5.56 Å². The third kappa shape index (κ3) is 4.60. The van der Waals surface area contributed by atoms with Crippen molar-refractivity contribution in [1.29, 1.82) is 0 Å². The molecule has 6 heteroatoms. The SMILES string of the molecule is Cc1ccc(OP(=O)(O)O)c(C)c1.[NaH]. The number of hydrogen-bond acceptors (Lipinski definition) is 2. The molecule has 0 radical (unpaired) electrons. The molecule has 74 valence electrons. The van der Waals surface area contributed by atoms with Crippen LogP contribution in [-0.2, 0) is 4.57 Å². The van der Waals surface area contributed by atoms with Gasteiger partial charge in [-0.2, -0.15) is 0 Å². The van der Waals surface area contributed by atoms with Crippen LogP contribution in [0.5, 0.6) is 5.75 Å². The first kappa shape index (κ1) is 14.2. The van der Waals surface area contributed by atoms with Crippen LogP contribution in [0, 0.1) is 13.8 Å². The number of phosphoric ester groups is 1. The summed E-state index contributed by atoms with van der Waals surface area (Å²) < 4.78 is 15.0. The molecule has 0 aliphatic carbocycles. The standard InChI is InChI=1S/C8H11O4P.Na.H/c1-6-3-4-8(7(2)5-6)12-13(9,10)11;;/h3-5H,1-2H3,(H2,9,10,11);;. The summed E-state index contributed by atoms with van der Waals surface area (Å²) in [6.07, 6.45) is 0. The fourth-order valence-corrected chi connectivity index (χ4v) is 1.49. The van der Waals surface area contributed by atoms with Crippen LogP contribution in [0.15, 0.2) is 18.2 Å².